The molecule has 1 aliphatic rings. The molecule has 1 saturated heterocycles. The fraction of sp³-hybridized carbons (Fsp3) is 0.600. The van der Waals surface area contributed by atoms with E-state index >= 15 is 0 Å². The molecule has 0 N–H and O–H groups in total. The van der Waals surface area contributed by atoms with Gasteiger partial charge in [0.1, 0.15) is 0 Å². The summed E-state index contributed by atoms with van der Waals surface area (Å²) in [5, 5.41) is 0. The highest BCUT2D eigenvalue weighted by atomic mass is 79.9. The van der Waals surface area contributed by atoms with Gasteiger partial charge in [0.2, 0.25) is 0 Å². The molecule has 0 spiro atoms. The van der Waals surface area contributed by atoms with Gasteiger partial charge in [0, 0.05) is 11.0 Å². The minimum atomic E-state index is -4.04. The molecule has 1 heterocycles. The first kappa shape index (κ1) is 15.8. The minimum Gasteiger partial charge on any atom is -0.303 e. The van der Waals surface area contributed by atoms with Crippen LogP contribution in [0.5, 0.6) is 0 Å². The predicted molar refractivity (Wildman–Crippen MR) is 77.7 cm³/mol. The lowest BCUT2D eigenvalue weighted by Gasteiger charge is -2.33. The van der Waals surface area contributed by atoms with Crippen molar-refractivity contribution in [2.75, 3.05) is 19.6 Å². The van der Waals surface area contributed by atoms with Gasteiger partial charge in [-0.25, -0.2) is 0 Å². The van der Waals surface area contributed by atoms with Gasteiger partial charge in [0.15, 0.2) is 0 Å². The maximum atomic E-state index is 12.7. The van der Waals surface area contributed by atoms with Gasteiger partial charge in [-0.1, -0.05) is 34.1 Å². The predicted octanol–water partition coefficient (Wildman–Crippen LogP) is 4.66. The smallest absolute Gasteiger partial charge is 0.303 e. The average molecular weight is 350 g/mol. The second-order valence-corrected chi connectivity index (χ2v) is 6.23. The highest BCUT2D eigenvalue weighted by Gasteiger charge is 2.41. The van der Waals surface area contributed by atoms with Gasteiger partial charge in [0.05, 0.1) is 5.92 Å². The van der Waals surface area contributed by atoms with Gasteiger partial charge in [0.25, 0.3) is 0 Å². The molecular weight excluding hydrogens is 331 g/mol. The summed E-state index contributed by atoms with van der Waals surface area (Å²) in [4.78, 5) is 1.96. The monoisotopic (exact) mass is 349 g/mol. The van der Waals surface area contributed by atoms with Crippen LogP contribution in [-0.4, -0.2) is 30.7 Å². The van der Waals surface area contributed by atoms with Crippen molar-refractivity contribution in [2.24, 2.45) is 5.92 Å². The van der Waals surface area contributed by atoms with Crippen LogP contribution in [-0.2, 0) is 6.42 Å². The van der Waals surface area contributed by atoms with Crippen LogP contribution in [0.1, 0.15) is 24.8 Å². The zero-order chi connectivity index (χ0) is 14.6. The molecule has 0 amide bonds. The van der Waals surface area contributed by atoms with Crippen molar-refractivity contribution in [3.8, 4) is 0 Å². The Kier molecular flexibility index (Phi) is 5.49. The van der Waals surface area contributed by atoms with E-state index in [0.717, 1.165) is 30.4 Å². The summed E-state index contributed by atoms with van der Waals surface area (Å²) < 4.78 is 39.2. The standard InChI is InChI=1S/C15H19BrF3N/c16-14-8-2-1-5-12(14)6-3-9-20-10-4-7-13(11-20)15(17,18)19/h1-2,5,8,13H,3-4,6-7,9-11H2. The minimum absolute atomic E-state index is 0.166. The highest BCUT2D eigenvalue weighted by molar-refractivity contribution is 9.10. The number of alkyl halides is 3. The molecule has 2 rings (SSSR count). The summed E-state index contributed by atoms with van der Waals surface area (Å²) in [7, 11) is 0. The van der Waals surface area contributed by atoms with Gasteiger partial charge in [-0.15, -0.1) is 0 Å². The second-order valence-electron chi connectivity index (χ2n) is 5.38. The van der Waals surface area contributed by atoms with E-state index < -0.39 is 12.1 Å². The Balaban J connectivity index is 1.78. The average Bonchev–Trinajstić information content (AvgIpc) is 2.40. The van der Waals surface area contributed by atoms with Crippen LogP contribution in [0.2, 0.25) is 0 Å². The molecule has 1 unspecified atom stereocenters. The van der Waals surface area contributed by atoms with Crippen molar-refractivity contribution in [1.29, 1.82) is 0 Å². The van der Waals surface area contributed by atoms with Crippen LogP contribution in [0.3, 0.4) is 0 Å². The van der Waals surface area contributed by atoms with E-state index in [-0.39, 0.29) is 13.0 Å². The number of aryl methyl sites for hydroxylation is 1. The topological polar surface area (TPSA) is 3.24 Å². The summed E-state index contributed by atoms with van der Waals surface area (Å²) in [6.07, 6.45) is -1.31. The Hall–Kier alpha value is -0.550. The van der Waals surface area contributed by atoms with E-state index in [2.05, 4.69) is 22.0 Å². The van der Waals surface area contributed by atoms with E-state index in [1.54, 1.807) is 0 Å². The zero-order valence-electron chi connectivity index (χ0n) is 11.3. The first-order valence-electron chi connectivity index (χ1n) is 6.99. The maximum absolute atomic E-state index is 12.7. The zero-order valence-corrected chi connectivity index (χ0v) is 12.9. The maximum Gasteiger partial charge on any atom is 0.393 e. The van der Waals surface area contributed by atoms with Gasteiger partial charge >= 0.3 is 6.18 Å². The molecule has 1 fully saturated rings. The normalized spacial score (nSPS) is 21.1. The molecule has 20 heavy (non-hydrogen) atoms. The summed E-state index contributed by atoms with van der Waals surface area (Å²) in [5.74, 6) is -1.14. The number of halogens is 4. The molecule has 0 radical (unpaired) electrons. The van der Waals surface area contributed by atoms with Crippen LogP contribution in [0, 0.1) is 5.92 Å². The second kappa shape index (κ2) is 6.94. The van der Waals surface area contributed by atoms with Crippen LogP contribution in [0.25, 0.3) is 0 Å². The van der Waals surface area contributed by atoms with Crippen molar-refractivity contribution >= 4 is 15.9 Å². The first-order valence-corrected chi connectivity index (χ1v) is 7.78. The first-order chi connectivity index (χ1) is 9.47. The van der Waals surface area contributed by atoms with Crippen LogP contribution < -0.4 is 0 Å². The molecule has 1 aromatic rings. The van der Waals surface area contributed by atoms with Crippen LogP contribution in [0.15, 0.2) is 28.7 Å². The Labute approximate surface area is 126 Å². The van der Waals surface area contributed by atoms with Crippen molar-refractivity contribution in [3.63, 3.8) is 0 Å². The number of rotatable bonds is 4. The Bertz CT molecular complexity index is 433. The van der Waals surface area contributed by atoms with Crippen molar-refractivity contribution < 1.29 is 13.2 Å². The lowest BCUT2D eigenvalue weighted by Crippen LogP contribution is -2.42. The summed E-state index contributed by atoms with van der Waals surface area (Å²) in [6, 6.07) is 8.00. The lowest BCUT2D eigenvalue weighted by molar-refractivity contribution is -0.186. The quantitative estimate of drug-likeness (QED) is 0.764. The fourth-order valence-corrected chi connectivity index (χ4v) is 3.20. The largest absolute Gasteiger partial charge is 0.393 e. The third kappa shape index (κ3) is 4.48. The van der Waals surface area contributed by atoms with E-state index in [0.29, 0.717) is 6.42 Å². The number of benzene rings is 1. The van der Waals surface area contributed by atoms with Gasteiger partial charge in [-0.3, -0.25) is 0 Å². The summed E-state index contributed by atoms with van der Waals surface area (Å²) in [6.45, 7) is 1.70. The molecule has 1 aromatic carbocycles. The Morgan fingerprint density at radius 2 is 2.00 bits per heavy atom. The highest BCUT2D eigenvalue weighted by Crippen LogP contribution is 2.33. The van der Waals surface area contributed by atoms with Crippen molar-refractivity contribution in [3.05, 3.63) is 34.3 Å². The number of likely N-dealkylation sites (tertiary alicyclic amines) is 1. The molecule has 1 aliphatic heterocycles. The number of hydrogen-bond acceptors (Lipinski definition) is 1. The number of piperidine rings is 1. The van der Waals surface area contributed by atoms with Gasteiger partial charge < -0.3 is 4.90 Å². The van der Waals surface area contributed by atoms with Crippen molar-refractivity contribution in [1.82, 2.24) is 4.90 Å². The Morgan fingerprint density at radius 3 is 2.70 bits per heavy atom. The number of nitrogens with zero attached hydrogens (tertiary/aromatic N) is 1. The SMILES string of the molecule is FC(F)(F)C1CCCN(CCCc2ccccc2Br)C1. The molecular formula is C15H19BrF3N. The molecule has 0 aliphatic carbocycles. The molecule has 0 saturated carbocycles. The fourth-order valence-electron chi connectivity index (χ4n) is 2.72. The Morgan fingerprint density at radius 1 is 1.25 bits per heavy atom. The molecule has 1 atom stereocenters. The molecule has 0 aromatic heterocycles. The summed E-state index contributed by atoms with van der Waals surface area (Å²) >= 11 is 3.50. The van der Waals surface area contributed by atoms with Crippen LogP contribution >= 0.6 is 15.9 Å². The van der Waals surface area contributed by atoms with E-state index in [9.17, 15) is 13.2 Å². The van der Waals surface area contributed by atoms with E-state index in [4.69, 9.17) is 0 Å². The van der Waals surface area contributed by atoms with E-state index in [1.165, 1.54) is 5.56 Å². The van der Waals surface area contributed by atoms with Gasteiger partial charge in [-0.2, -0.15) is 13.2 Å². The lowest BCUT2D eigenvalue weighted by atomic mass is 9.97. The van der Waals surface area contributed by atoms with Crippen LogP contribution in [0.4, 0.5) is 13.2 Å². The third-order valence-electron chi connectivity index (χ3n) is 3.85. The number of hydrogen-bond donors (Lipinski definition) is 0. The third-order valence-corrected chi connectivity index (χ3v) is 4.62. The molecule has 0 bridgehead atoms. The molecule has 5 heteroatoms. The molecule has 112 valence electrons. The summed E-state index contributed by atoms with van der Waals surface area (Å²) in [5.41, 5.74) is 1.22. The van der Waals surface area contributed by atoms with Crippen molar-refractivity contribution in [2.45, 2.75) is 31.9 Å². The van der Waals surface area contributed by atoms with E-state index in [1.807, 2.05) is 23.1 Å². The molecule has 1 nitrogen and oxygen atoms in total. The van der Waals surface area contributed by atoms with Gasteiger partial charge in [-0.05, 0) is 50.4 Å².